The summed E-state index contributed by atoms with van der Waals surface area (Å²) in [5.41, 5.74) is 4.39. The smallest absolute Gasteiger partial charge is 0.414 e. The molecule has 2 aliphatic rings. The normalized spacial score (nSPS) is 21.2. The number of aliphatic hydroxyl groups excluding tert-OH is 1. The van der Waals surface area contributed by atoms with Gasteiger partial charge in [-0.1, -0.05) is 5.21 Å². The molecule has 1 aromatic carbocycles. The summed E-state index contributed by atoms with van der Waals surface area (Å²) in [4.78, 5) is 16.3. The van der Waals surface area contributed by atoms with E-state index in [0.717, 1.165) is 22.5 Å². The zero-order chi connectivity index (χ0) is 21.5. The number of aryl methyl sites for hydroxylation is 2. The maximum absolute atomic E-state index is 12.5. The number of anilines is 2. The largest absolute Gasteiger partial charge is 0.442 e. The van der Waals surface area contributed by atoms with Crippen molar-refractivity contribution >= 4 is 27.2 Å². The highest BCUT2D eigenvalue weighted by Gasteiger charge is 2.33. The first-order valence-electron chi connectivity index (χ1n) is 9.84. The Bertz CT molecular complexity index is 1030. The molecule has 2 fully saturated rings. The van der Waals surface area contributed by atoms with Crippen molar-refractivity contribution in [3.63, 3.8) is 0 Å². The summed E-state index contributed by atoms with van der Waals surface area (Å²) in [5.74, 6) is 0.766. The van der Waals surface area contributed by atoms with Gasteiger partial charge in [-0.05, 0) is 37.1 Å². The van der Waals surface area contributed by atoms with Crippen LogP contribution in [0.1, 0.15) is 16.8 Å². The Labute approximate surface area is 175 Å². The Balaban J connectivity index is 1.49. The Morgan fingerprint density at radius 3 is 2.53 bits per heavy atom. The second-order valence-electron chi connectivity index (χ2n) is 7.84. The molecular formula is C19H26N6O4S. The van der Waals surface area contributed by atoms with E-state index in [9.17, 15) is 9.00 Å². The highest BCUT2D eigenvalue weighted by atomic mass is 32.2. The zero-order valence-electron chi connectivity index (χ0n) is 17.1. The van der Waals surface area contributed by atoms with E-state index in [4.69, 9.17) is 14.6 Å². The van der Waals surface area contributed by atoms with Crippen LogP contribution >= 0.6 is 0 Å². The van der Waals surface area contributed by atoms with Crippen molar-refractivity contribution < 1.29 is 18.8 Å². The van der Waals surface area contributed by atoms with Gasteiger partial charge in [0.1, 0.15) is 11.8 Å². The number of hydrogen-bond acceptors (Lipinski definition) is 8. The van der Waals surface area contributed by atoms with Gasteiger partial charge in [0.15, 0.2) is 0 Å². The van der Waals surface area contributed by atoms with Crippen LogP contribution in [-0.2, 0) is 27.6 Å². The number of amides is 1. The van der Waals surface area contributed by atoms with Crippen LogP contribution in [0.5, 0.6) is 0 Å². The van der Waals surface area contributed by atoms with Gasteiger partial charge < -0.3 is 14.7 Å². The van der Waals surface area contributed by atoms with E-state index in [1.54, 1.807) is 15.8 Å². The van der Waals surface area contributed by atoms with Gasteiger partial charge in [-0.15, -0.1) is 5.10 Å². The molecule has 0 bridgehead atoms. The van der Waals surface area contributed by atoms with Crippen LogP contribution < -0.4 is 9.80 Å². The van der Waals surface area contributed by atoms with Gasteiger partial charge in [-0.25, -0.2) is 13.7 Å². The van der Waals surface area contributed by atoms with Crippen molar-refractivity contribution in [1.29, 1.82) is 4.78 Å². The molecule has 11 heteroatoms. The summed E-state index contributed by atoms with van der Waals surface area (Å²) in [7, 11) is -2.45. The average Bonchev–Trinajstić information content (AvgIpc) is 3.28. The van der Waals surface area contributed by atoms with Crippen LogP contribution in [0.15, 0.2) is 18.3 Å². The predicted molar refractivity (Wildman–Crippen MR) is 112 cm³/mol. The molecule has 0 radical (unpaired) electrons. The number of nitrogens with zero attached hydrogens (tertiary/aromatic N) is 5. The van der Waals surface area contributed by atoms with E-state index in [2.05, 4.69) is 15.2 Å². The summed E-state index contributed by atoms with van der Waals surface area (Å²) in [5, 5.41) is 16.9. The number of hydrogen-bond donors (Lipinski definition) is 2. The molecule has 4 rings (SSSR count). The number of aromatic nitrogens is 3. The lowest BCUT2D eigenvalue weighted by Crippen LogP contribution is -2.40. The summed E-state index contributed by atoms with van der Waals surface area (Å²) in [6, 6.07) is 3.94. The molecule has 30 heavy (non-hydrogen) atoms. The second-order valence-corrected chi connectivity index (χ2v) is 10.3. The third kappa shape index (κ3) is 4.12. The molecule has 1 atom stereocenters. The minimum Gasteiger partial charge on any atom is -0.442 e. The zero-order valence-corrected chi connectivity index (χ0v) is 17.9. The molecule has 0 aliphatic carbocycles. The fourth-order valence-corrected chi connectivity index (χ4v) is 5.31. The average molecular weight is 435 g/mol. The predicted octanol–water partition coefficient (Wildman–Crippen LogP) is 1.28. The molecule has 2 saturated heterocycles. The first-order chi connectivity index (χ1) is 14.3. The Hall–Kier alpha value is -2.66. The number of carbonyl (C=O) groups excluding carboxylic acids is 1. The number of nitrogens with one attached hydrogen (secondary N) is 1. The molecule has 0 spiro atoms. The molecule has 1 amide bonds. The first-order valence-corrected chi connectivity index (χ1v) is 11.7. The maximum atomic E-state index is 12.5. The van der Waals surface area contributed by atoms with Crippen molar-refractivity contribution in [2.75, 3.05) is 40.9 Å². The van der Waals surface area contributed by atoms with Gasteiger partial charge in [-0.3, -0.25) is 9.68 Å². The minimum absolute atomic E-state index is 0.183. The van der Waals surface area contributed by atoms with E-state index in [-0.39, 0.29) is 12.7 Å². The Morgan fingerprint density at radius 1 is 1.27 bits per heavy atom. The summed E-state index contributed by atoms with van der Waals surface area (Å²) in [6.45, 7) is 5.79. The summed E-state index contributed by atoms with van der Waals surface area (Å²) in [6.07, 6.45) is 0.868. The molecule has 0 saturated carbocycles. The van der Waals surface area contributed by atoms with Crippen molar-refractivity contribution in [2.45, 2.75) is 33.1 Å². The third-order valence-corrected chi connectivity index (χ3v) is 7.18. The van der Waals surface area contributed by atoms with E-state index in [1.165, 1.54) is 0 Å². The molecule has 2 aromatic rings. The number of cyclic esters (lactones) is 1. The molecule has 3 heterocycles. The van der Waals surface area contributed by atoms with Crippen LogP contribution in [0.3, 0.4) is 0 Å². The molecule has 162 valence electrons. The molecule has 10 nitrogen and oxygen atoms in total. The topological polar surface area (TPSA) is 125 Å². The SMILES string of the molecule is Cc1cc(N2CC(Cn3cc(CO)nn3)OC2=O)cc(C)c1N1CCS(=N)(=O)CC1. The van der Waals surface area contributed by atoms with Crippen LogP contribution in [0.25, 0.3) is 0 Å². The van der Waals surface area contributed by atoms with Gasteiger partial charge in [0.05, 0.1) is 25.9 Å². The lowest BCUT2D eigenvalue weighted by molar-refractivity contribution is 0.129. The second kappa shape index (κ2) is 7.88. The van der Waals surface area contributed by atoms with Crippen LogP contribution in [0.4, 0.5) is 16.2 Å². The molecular weight excluding hydrogens is 408 g/mol. The van der Waals surface area contributed by atoms with E-state index >= 15 is 0 Å². The maximum Gasteiger partial charge on any atom is 0.414 e. The molecule has 1 aromatic heterocycles. The standard InChI is InChI=1S/C19H26N6O4S/c1-13-7-16(8-14(2)18(13)23-3-5-30(20,28)6-4-23)25-11-17(29-19(25)27)10-24-9-15(12-26)21-22-24/h7-9,17,20,26H,3-6,10-12H2,1-2H3. The van der Waals surface area contributed by atoms with E-state index in [1.807, 2.05) is 26.0 Å². The van der Waals surface area contributed by atoms with Crippen molar-refractivity contribution in [3.05, 3.63) is 35.2 Å². The fourth-order valence-electron chi connectivity index (χ4n) is 4.08. The van der Waals surface area contributed by atoms with Crippen LogP contribution in [-0.4, -0.2) is 67.6 Å². The number of carbonyl (C=O) groups is 1. The van der Waals surface area contributed by atoms with E-state index in [0.29, 0.717) is 43.4 Å². The summed E-state index contributed by atoms with van der Waals surface area (Å²) >= 11 is 0. The molecule has 2 N–H and O–H groups in total. The first kappa shape index (κ1) is 20.6. The highest BCUT2D eigenvalue weighted by Crippen LogP contribution is 2.33. The fraction of sp³-hybridized carbons (Fsp3) is 0.526. The lowest BCUT2D eigenvalue weighted by atomic mass is 10.1. The summed E-state index contributed by atoms with van der Waals surface area (Å²) < 4.78 is 26.8. The van der Waals surface area contributed by atoms with Gasteiger partial charge in [0.2, 0.25) is 0 Å². The van der Waals surface area contributed by atoms with Crippen molar-refractivity contribution in [1.82, 2.24) is 15.0 Å². The number of rotatable bonds is 5. The minimum atomic E-state index is -2.45. The van der Waals surface area contributed by atoms with Gasteiger partial charge in [0, 0.05) is 45.7 Å². The van der Waals surface area contributed by atoms with Gasteiger partial charge in [-0.2, -0.15) is 0 Å². The highest BCUT2D eigenvalue weighted by molar-refractivity contribution is 7.92. The molecule has 2 aliphatic heterocycles. The number of benzene rings is 1. The number of ether oxygens (including phenoxy) is 1. The molecule has 1 unspecified atom stereocenters. The van der Waals surface area contributed by atoms with Crippen molar-refractivity contribution in [2.24, 2.45) is 0 Å². The van der Waals surface area contributed by atoms with Gasteiger partial charge >= 0.3 is 6.09 Å². The Morgan fingerprint density at radius 2 is 1.93 bits per heavy atom. The lowest BCUT2D eigenvalue weighted by Gasteiger charge is -2.33. The Kier molecular flexibility index (Phi) is 5.41. The van der Waals surface area contributed by atoms with Crippen LogP contribution in [0.2, 0.25) is 0 Å². The van der Waals surface area contributed by atoms with Gasteiger partial charge in [0.25, 0.3) is 0 Å². The quantitative estimate of drug-likeness (QED) is 0.726. The van der Waals surface area contributed by atoms with Crippen LogP contribution in [0, 0.1) is 18.6 Å². The third-order valence-electron chi connectivity index (χ3n) is 5.50. The number of aliphatic hydroxyl groups is 1. The van der Waals surface area contributed by atoms with Crippen molar-refractivity contribution in [3.8, 4) is 0 Å². The monoisotopic (exact) mass is 434 g/mol. The van der Waals surface area contributed by atoms with E-state index < -0.39 is 15.8 Å².